The Morgan fingerprint density at radius 1 is 1.20 bits per heavy atom. The lowest BCUT2D eigenvalue weighted by Gasteiger charge is -2.20. The molecule has 2 heterocycles. The summed E-state index contributed by atoms with van der Waals surface area (Å²) in [6.45, 7) is 7.60. The van der Waals surface area contributed by atoms with Gasteiger partial charge in [0.15, 0.2) is 12.6 Å². The number of ether oxygens (including phenoxy) is 4. The highest BCUT2D eigenvalue weighted by Crippen LogP contribution is 2.40. The third kappa shape index (κ3) is 3.80. The van der Waals surface area contributed by atoms with Crippen molar-refractivity contribution >= 4 is 29.4 Å². The van der Waals surface area contributed by atoms with Crippen molar-refractivity contribution < 1.29 is 28.5 Å². The summed E-state index contributed by atoms with van der Waals surface area (Å²) < 4.78 is 22.2. The van der Waals surface area contributed by atoms with Gasteiger partial charge in [-0.05, 0) is 57.5 Å². The SMILES string of the molecule is Cc1cc(OC(=O)C(C)(C)C)cc2c1C(=O)/C(=C/c1cc(Cl)cc3c1OCOC3)O2. The van der Waals surface area contributed by atoms with Crippen LogP contribution >= 0.6 is 11.6 Å². The number of allylic oxidation sites excluding steroid dienone is 1. The van der Waals surface area contributed by atoms with Crippen molar-refractivity contribution in [3.05, 3.63) is 57.3 Å². The van der Waals surface area contributed by atoms with E-state index in [1.54, 1.807) is 58.0 Å². The molecular weight excluding hydrogens is 408 g/mol. The Morgan fingerprint density at radius 2 is 1.97 bits per heavy atom. The van der Waals surface area contributed by atoms with Crippen molar-refractivity contribution in [3.63, 3.8) is 0 Å². The second-order valence-electron chi connectivity index (χ2n) is 8.29. The van der Waals surface area contributed by atoms with Gasteiger partial charge in [-0.2, -0.15) is 0 Å². The Morgan fingerprint density at radius 3 is 2.70 bits per heavy atom. The summed E-state index contributed by atoms with van der Waals surface area (Å²) in [4.78, 5) is 25.2. The molecule has 0 aromatic heterocycles. The summed E-state index contributed by atoms with van der Waals surface area (Å²) in [6, 6.07) is 6.70. The quantitative estimate of drug-likeness (QED) is 0.377. The number of ketones is 1. The Kier molecular flexibility index (Phi) is 5.08. The average Bonchev–Trinajstić information content (AvgIpc) is 2.96. The molecule has 2 aromatic rings. The standard InChI is InChI=1S/C23H21ClO6/c1-12-5-16(29-22(26)23(2,3)4)9-17-19(12)20(25)18(30-17)8-13-6-15(24)7-14-10-27-11-28-21(13)14/h5-9H,10-11H2,1-4H3/b18-8-. The summed E-state index contributed by atoms with van der Waals surface area (Å²) in [5.74, 6) is 0.821. The van der Waals surface area contributed by atoms with E-state index in [2.05, 4.69) is 0 Å². The van der Waals surface area contributed by atoms with E-state index in [-0.39, 0.29) is 24.3 Å². The normalized spacial score (nSPS) is 16.6. The minimum absolute atomic E-state index is 0.126. The number of Topliss-reactive ketones (excluding diaryl/α,β-unsaturated/α-hetero) is 1. The summed E-state index contributed by atoms with van der Waals surface area (Å²) in [5.41, 5.74) is 1.89. The molecule has 2 aliphatic heterocycles. The monoisotopic (exact) mass is 428 g/mol. The summed E-state index contributed by atoms with van der Waals surface area (Å²) >= 11 is 6.21. The molecule has 156 valence electrons. The molecule has 4 rings (SSSR count). The van der Waals surface area contributed by atoms with Gasteiger partial charge in [0.1, 0.15) is 17.2 Å². The molecule has 0 unspecified atom stereocenters. The van der Waals surface area contributed by atoms with Crippen LogP contribution in [0.5, 0.6) is 17.2 Å². The second-order valence-corrected chi connectivity index (χ2v) is 8.72. The van der Waals surface area contributed by atoms with Crippen LogP contribution in [0.25, 0.3) is 6.08 Å². The van der Waals surface area contributed by atoms with Crippen LogP contribution < -0.4 is 14.2 Å². The summed E-state index contributed by atoms with van der Waals surface area (Å²) in [5, 5.41) is 0.505. The first-order chi connectivity index (χ1) is 14.1. The Balaban J connectivity index is 1.68. The van der Waals surface area contributed by atoms with Crippen LogP contribution in [0.1, 0.15) is 47.8 Å². The molecule has 0 saturated carbocycles. The van der Waals surface area contributed by atoms with Crippen molar-refractivity contribution in [1.29, 1.82) is 0 Å². The molecule has 0 radical (unpaired) electrons. The Labute approximate surface area is 179 Å². The smallest absolute Gasteiger partial charge is 0.316 e. The lowest BCUT2D eigenvalue weighted by Crippen LogP contribution is -2.25. The highest BCUT2D eigenvalue weighted by atomic mass is 35.5. The van der Waals surface area contributed by atoms with Crippen LogP contribution in [0.3, 0.4) is 0 Å². The molecule has 0 atom stereocenters. The van der Waals surface area contributed by atoms with Crippen molar-refractivity contribution in [1.82, 2.24) is 0 Å². The van der Waals surface area contributed by atoms with Crippen molar-refractivity contribution in [3.8, 4) is 17.2 Å². The first-order valence-corrected chi connectivity index (χ1v) is 9.85. The predicted molar refractivity (Wildman–Crippen MR) is 111 cm³/mol. The number of carbonyl (C=O) groups is 2. The number of carbonyl (C=O) groups excluding carboxylic acids is 2. The second kappa shape index (κ2) is 7.45. The van der Waals surface area contributed by atoms with E-state index in [4.69, 9.17) is 30.5 Å². The average molecular weight is 429 g/mol. The number of benzene rings is 2. The van der Waals surface area contributed by atoms with E-state index in [9.17, 15) is 9.59 Å². The first-order valence-electron chi connectivity index (χ1n) is 9.47. The molecule has 2 aliphatic rings. The molecule has 0 saturated heterocycles. The number of rotatable bonds is 2. The zero-order valence-electron chi connectivity index (χ0n) is 17.1. The van der Waals surface area contributed by atoms with Crippen LogP contribution in [0.2, 0.25) is 5.02 Å². The fraction of sp³-hybridized carbons (Fsp3) is 0.304. The first kappa shape index (κ1) is 20.4. The van der Waals surface area contributed by atoms with Gasteiger partial charge in [0, 0.05) is 22.2 Å². The number of halogens is 1. The fourth-order valence-electron chi connectivity index (χ4n) is 3.25. The molecule has 2 aromatic carbocycles. The number of hydrogen-bond acceptors (Lipinski definition) is 6. The number of aryl methyl sites for hydroxylation is 1. The molecule has 0 bridgehead atoms. The van der Waals surface area contributed by atoms with Gasteiger partial charge < -0.3 is 18.9 Å². The molecule has 0 N–H and O–H groups in total. The van der Waals surface area contributed by atoms with Crippen LogP contribution in [0.4, 0.5) is 0 Å². The van der Waals surface area contributed by atoms with Gasteiger partial charge in [0.2, 0.25) is 5.78 Å². The van der Waals surface area contributed by atoms with Crippen LogP contribution in [-0.4, -0.2) is 18.5 Å². The maximum Gasteiger partial charge on any atom is 0.316 e. The predicted octanol–water partition coefficient (Wildman–Crippen LogP) is 5.08. The molecule has 0 amide bonds. The maximum absolute atomic E-state index is 13.0. The van der Waals surface area contributed by atoms with Gasteiger partial charge in [0.25, 0.3) is 0 Å². The fourth-order valence-corrected chi connectivity index (χ4v) is 3.50. The topological polar surface area (TPSA) is 71.1 Å². The highest BCUT2D eigenvalue weighted by molar-refractivity contribution is 6.31. The van der Waals surface area contributed by atoms with E-state index in [0.717, 1.165) is 5.56 Å². The number of fused-ring (bicyclic) bond motifs is 2. The lowest BCUT2D eigenvalue weighted by molar-refractivity contribution is -0.143. The molecule has 0 aliphatic carbocycles. The van der Waals surface area contributed by atoms with E-state index in [0.29, 0.717) is 45.6 Å². The highest BCUT2D eigenvalue weighted by Gasteiger charge is 2.32. The number of esters is 1. The number of hydrogen-bond donors (Lipinski definition) is 0. The van der Waals surface area contributed by atoms with Crippen molar-refractivity contribution in [2.75, 3.05) is 6.79 Å². The third-order valence-electron chi connectivity index (χ3n) is 4.76. The van der Waals surface area contributed by atoms with Gasteiger partial charge in [-0.25, -0.2) is 0 Å². The Bertz CT molecular complexity index is 1090. The van der Waals surface area contributed by atoms with Gasteiger partial charge >= 0.3 is 5.97 Å². The van der Waals surface area contributed by atoms with Gasteiger partial charge in [0.05, 0.1) is 17.6 Å². The minimum Gasteiger partial charge on any atom is -0.467 e. The van der Waals surface area contributed by atoms with Crippen LogP contribution in [0.15, 0.2) is 30.0 Å². The molecule has 6 nitrogen and oxygen atoms in total. The molecule has 0 spiro atoms. The molecule has 0 fully saturated rings. The van der Waals surface area contributed by atoms with Crippen LogP contribution in [0, 0.1) is 12.3 Å². The maximum atomic E-state index is 13.0. The Hall–Kier alpha value is -2.83. The molecular formula is C23H21ClO6. The van der Waals surface area contributed by atoms with Crippen molar-refractivity contribution in [2.45, 2.75) is 34.3 Å². The van der Waals surface area contributed by atoms with Crippen LogP contribution in [-0.2, 0) is 16.1 Å². The molecule has 30 heavy (non-hydrogen) atoms. The summed E-state index contributed by atoms with van der Waals surface area (Å²) in [7, 11) is 0. The lowest BCUT2D eigenvalue weighted by atomic mass is 9.97. The van der Waals surface area contributed by atoms with E-state index in [1.165, 1.54) is 0 Å². The van der Waals surface area contributed by atoms with E-state index < -0.39 is 5.41 Å². The third-order valence-corrected chi connectivity index (χ3v) is 4.97. The largest absolute Gasteiger partial charge is 0.467 e. The van der Waals surface area contributed by atoms with Gasteiger partial charge in [-0.3, -0.25) is 9.59 Å². The van der Waals surface area contributed by atoms with E-state index >= 15 is 0 Å². The van der Waals surface area contributed by atoms with Gasteiger partial charge in [-0.1, -0.05) is 11.6 Å². The van der Waals surface area contributed by atoms with Gasteiger partial charge in [-0.15, -0.1) is 0 Å². The summed E-state index contributed by atoms with van der Waals surface area (Å²) in [6.07, 6.45) is 1.61. The van der Waals surface area contributed by atoms with E-state index in [1.807, 2.05) is 0 Å². The zero-order chi connectivity index (χ0) is 21.6. The zero-order valence-corrected chi connectivity index (χ0v) is 17.9. The minimum atomic E-state index is -0.649. The molecule has 7 heteroatoms. The van der Waals surface area contributed by atoms with Crippen molar-refractivity contribution in [2.24, 2.45) is 5.41 Å².